The smallest absolute Gasteiger partial charge is 0.256 e. The molecule has 1 fully saturated rings. The summed E-state index contributed by atoms with van der Waals surface area (Å²) in [5.74, 6) is 1.02. The zero-order valence-electron chi connectivity index (χ0n) is 14.4. The molecule has 0 unspecified atom stereocenters. The zero-order valence-corrected chi connectivity index (χ0v) is 14.4. The summed E-state index contributed by atoms with van der Waals surface area (Å²) in [7, 11) is 0. The largest absolute Gasteiger partial charge is 0.478 e. The molecule has 5 heteroatoms. The predicted octanol–water partition coefficient (Wildman–Crippen LogP) is 3.79. The molecule has 1 heterocycles. The lowest BCUT2D eigenvalue weighted by Gasteiger charge is -2.38. The maximum atomic E-state index is 12.8. The molecule has 1 aromatic rings. The number of carbonyl (C=O) groups excluding carboxylic acids is 1. The first-order chi connectivity index (χ1) is 11.1. The monoisotopic (exact) mass is 320 g/mol. The van der Waals surface area contributed by atoms with Crippen LogP contribution in [0.1, 0.15) is 52.9 Å². The van der Waals surface area contributed by atoms with E-state index in [4.69, 9.17) is 9.47 Å². The Kier molecular flexibility index (Phi) is 6.39. The van der Waals surface area contributed by atoms with Gasteiger partial charge in [-0.05, 0) is 44.6 Å². The van der Waals surface area contributed by atoms with Crippen molar-refractivity contribution in [2.75, 3.05) is 18.5 Å². The van der Waals surface area contributed by atoms with E-state index in [0.717, 1.165) is 32.1 Å². The highest BCUT2D eigenvalue weighted by atomic mass is 16.5. The van der Waals surface area contributed by atoms with Crippen molar-refractivity contribution in [2.45, 2.75) is 58.5 Å². The number of hydrogen-bond donors (Lipinski definition) is 1. The first-order valence-electron chi connectivity index (χ1n) is 8.64. The maximum Gasteiger partial charge on any atom is 0.256 e. The second-order valence-electron chi connectivity index (χ2n) is 6.32. The number of carbonyl (C=O) groups is 1. The molecule has 1 aliphatic rings. The van der Waals surface area contributed by atoms with E-state index in [9.17, 15) is 4.79 Å². The molecule has 0 aliphatic heterocycles. The summed E-state index contributed by atoms with van der Waals surface area (Å²) in [6, 6.07) is 3.60. The van der Waals surface area contributed by atoms with Gasteiger partial charge in [-0.1, -0.05) is 20.3 Å². The molecule has 0 spiro atoms. The van der Waals surface area contributed by atoms with Gasteiger partial charge in [-0.15, -0.1) is 0 Å². The Bertz CT molecular complexity index is 499. The van der Waals surface area contributed by atoms with E-state index in [0.29, 0.717) is 30.7 Å². The number of hydrogen-bond acceptors (Lipinski definition) is 4. The van der Waals surface area contributed by atoms with Crippen molar-refractivity contribution in [3.05, 3.63) is 18.3 Å². The average Bonchev–Trinajstić information content (AvgIpc) is 2.54. The van der Waals surface area contributed by atoms with E-state index >= 15 is 0 Å². The minimum absolute atomic E-state index is 0.0603. The molecule has 0 aromatic carbocycles. The molecule has 0 saturated heterocycles. The molecule has 1 N–H and O–H groups in total. The van der Waals surface area contributed by atoms with Crippen LogP contribution in [-0.4, -0.2) is 29.7 Å². The number of pyridine rings is 1. The minimum Gasteiger partial charge on any atom is -0.478 e. The van der Waals surface area contributed by atoms with E-state index < -0.39 is 5.60 Å². The van der Waals surface area contributed by atoms with Crippen molar-refractivity contribution in [3.63, 3.8) is 0 Å². The van der Waals surface area contributed by atoms with Crippen LogP contribution in [0.2, 0.25) is 0 Å². The Morgan fingerprint density at radius 1 is 1.43 bits per heavy atom. The van der Waals surface area contributed by atoms with E-state index in [1.165, 1.54) is 0 Å². The van der Waals surface area contributed by atoms with Crippen molar-refractivity contribution in [1.29, 1.82) is 0 Å². The topological polar surface area (TPSA) is 60.5 Å². The first-order valence-corrected chi connectivity index (χ1v) is 8.64. The Balaban J connectivity index is 2.03. The van der Waals surface area contributed by atoms with Crippen molar-refractivity contribution in [3.8, 4) is 5.88 Å². The minimum atomic E-state index is -0.705. The summed E-state index contributed by atoms with van der Waals surface area (Å²) in [6.07, 6.45) is 6.31. The number of nitrogens with zero attached hydrogens (tertiary/aromatic N) is 1. The highest BCUT2D eigenvalue weighted by Gasteiger charge is 2.42. The second-order valence-corrected chi connectivity index (χ2v) is 6.32. The number of aromatic nitrogens is 1. The zero-order chi connectivity index (χ0) is 16.7. The Labute approximate surface area is 138 Å². The van der Waals surface area contributed by atoms with Crippen LogP contribution in [0.4, 0.5) is 5.69 Å². The second kappa shape index (κ2) is 8.29. The van der Waals surface area contributed by atoms with E-state index in [1.807, 2.05) is 19.9 Å². The highest BCUT2D eigenvalue weighted by molar-refractivity contribution is 5.97. The molecule has 1 amide bonds. The first kappa shape index (κ1) is 17.7. The molecule has 23 heavy (non-hydrogen) atoms. The van der Waals surface area contributed by atoms with E-state index in [1.54, 1.807) is 12.3 Å². The molecule has 0 bridgehead atoms. The Morgan fingerprint density at radius 3 is 2.87 bits per heavy atom. The lowest BCUT2D eigenvalue weighted by atomic mass is 9.78. The summed E-state index contributed by atoms with van der Waals surface area (Å²) in [5.41, 5.74) is -0.0276. The molecule has 0 radical (unpaired) electrons. The third-order valence-electron chi connectivity index (χ3n) is 4.24. The number of nitrogens with one attached hydrogen (secondary N) is 1. The fourth-order valence-corrected chi connectivity index (χ4v) is 3.17. The SMILES string of the molecule is CCCOc1ccc(NC(=O)[C@]2(OCC)CCC[C@H](C)C2)cn1. The van der Waals surface area contributed by atoms with Gasteiger partial charge in [0.05, 0.1) is 18.5 Å². The van der Waals surface area contributed by atoms with Gasteiger partial charge in [0.2, 0.25) is 5.88 Å². The standard InChI is InChI=1S/C18H28N2O3/c1-4-11-22-16-9-8-15(13-19-16)20-17(21)18(23-5-2)10-6-7-14(3)12-18/h8-9,13-14H,4-7,10-12H2,1-3H3,(H,20,21)/t14-,18-/m0/s1. The number of amides is 1. The Hall–Kier alpha value is -1.62. The van der Waals surface area contributed by atoms with Crippen LogP contribution in [0.25, 0.3) is 0 Å². The molecular weight excluding hydrogens is 292 g/mol. The molecule has 2 rings (SSSR count). The third kappa shape index (κ3) is 4.67. The van der Waals surface area contributed by atoms with Gasteiger partial charge in [0, 0.05) is 12.7 Å². The molecule has 128 valence electrons. The van der Waals surface area contributed by atoms with Gasteiger partial charge in [0.15, 0.2) is 0 Å². The summed E-state index contributed by atoms with van der Waals surface area (Å²) >= 11 is 0. The molecular formula is C18H28N2O3. The normalized spacial score (nSPS) is 24.2. The fraction of sp³-hybridized carbons (Fsp3) is 0.667. The molecule has 5 nitrogen and oxygen atoms in total. The van der Waals surface area contributed by atoms with Crippen LogP contribution in [0.5, 0.6) is 5.88 Å². The predicted molar refractivity (Wildman–Crippen MR) is 90.6 cm³/mol. The number of anilines is 1. The lowest BCUT2D eigenvalue weighted by Crippen LogP contribution is -2.48. The summed E-state index contributed by atoms with van der Waals surface area (Å²) in [6.45, 7) is 7.36. The number of rotatable bonds is 7. The van der Waals surface area contributed by atoms with Crippen LogP contribution in [0.15, 0.2) is 18.3 Å². The summed E-state index contributed by atoms with van der Waals surface area (Å²) in [5, 5.41) is 2.96. The van der Waals surface area contributed by atoms with Crippen LogP contribution in [-0.2, 0) is 9.53 Å². The third-order valence-corrected chi connectivity index (χ3v) is 4.24. The summed E-state index contributed by atoms with van der Waals surface area (Å²) < 4.78 is 11.3. The van der Waals surface area contributed by atoms with Gasteiger partial charge in [-0.3, -0.25) is 4.79 Å². The van der Waals surface area contributed by atoms with Crippen LogP contribution < -0.4 is 10.1 Å². The van der Waals surface area contributed by atoms with Crippen molar-refractivity contribution in [1.82, 2.24) is 4.98 Å². The van der Waals surface area contributed by atoms with Gasteiger partial charge in [0.25, 0.3) is 5.91 Å². The maximum absolute atomic E-state index is 12.8. The summed E-state index contributed by atoms with van der Waals surface area (Å²) in [4.78, 5) is 17.0. The van der Waals surface area contributed by atoms with E-state index in [2.05, 4.69) is 17.2 Å². The lowest BCUT2D eigenvalue weighted by molar-refractivity contribution is -0.147. The van der Waals surface area contributed by atoms with Gasteiger partial charge in [-0.2, -0.15) is 0 Å². The average molecular weight is 320 g/mol. The van der Waals surface area contributed by atoms with Crippen LogP contribution >= 0.6 is 0 Å². The molecule has 1 saturated carbocycles. The fourth-order valence-electron chi connectivity index (χ4n) is 3.17. The van der Waals surface area contributed by atoms with Crippen LogP contribution in [0.3, 0.4) is 0 Å². The van der Waals surface area contributed by atoms with Gasteiger partial charge < -0.3 is 14.8 Å². The quantitative estimate of drug-likeness (QED) is 0.830. The van der Waals surface area contributed by atoms with Gasteiger partial charge in [-0.25, -0.2) is 4.98 Å². The van der Waals surface area contributed by atoms with Crippen molar-refractivity contribution >= 4 is 11.6 Å². The van der Waals surface area contributed by atoms with Crippen molar-refractivity contribution < 1.29 is 14.3 Å². The van der Waals surface area contributed by atoms with Crippen molar-refractivity contribution in [2.24, 2.45) is 5.92 Å². The molecule has 2 atom stereocenters. The van der Waals surface area contributed by atoms with Gasteiger partial charge in [0.1, 0.15) is 5.60 Å². The van der Waals surface area contributed by atoms with E-state index in [-0.39, 0.29) is 5.91 Å². The Morgan fingerprint density at radius 2 is 2.26 bits per heavy atom. The molecule has 1 aliphatic carbocycles. The number of ether oxygens (including phenoxy) is 2. The molecule has 1 aromatic heterocycles. The van der Waals surface area contributed by atoms with Crippen LogP contribution in [0, 0.1) is 5.92 Å². The highest BCUT2D eigenvalue weighted by Crippen LogP contribution is 2.36. The van der Waals surface area contributed by atoms with Gasteiger partial charge >= 0.3 is 0 Å².